The number of carbonyl (C=O) groups excluding carboxylic acids is 4. The summed E-state index contributed by atoms with van der Waals surface area (Å²) < 4.78 is 23.0. The van der Waals surface area contributed by atoms with Crippen LogP contribution in [-0.2, 0) is 38.1 Å². The van der Waals surface area contributed by atoms with E-state index in [-0.39, 0.29) is 35.0 Å². The number of alkyl halides is 4. The summed E-state index contributed by atoms with van der Waals surface area (Å²) in [5.74, 6) is 0.973. The van der Waals surface area contributed by atoms with Crippen molar-refractivity contribution >= 4 is 199 Å². The maximum Gasteiger partial charge on any atom is 0.341 e. The molecule has 46 heavy (non-hydrogen) atoms. The van der Waals surface area contributed by atoms with Crippen LogP contribution in [0, 0.1) is 0 Å². The summed E-state index contributed by atoms with van der Waals surface area (Å²) in [6.45, 7) is 5.36. The van der Waals surface area contributed by atoms with Gasteiger partial charge in [-0.05, 0) is 135 Å². The van der Waals surface area contributed by atoms with E-state index in [0.29, 0.717) is 62.8 Å². The maximum atomic E-state index is 11.1. The van der Waals surface area contributed by atoms with Gasteiger partial charge >= 0.3 is 23.9 Å². The van der Waals surface area contributed by atoms with Crippen LogP contribution in [0.3, 0.4) is 0 Å². The molecule has 0 saturated heterocycles. The van der Waals surface area contributed by atoms with Crippen molar-refractivity contribution in [3.63, 3.8) is 0 Å². The van der Waals surface area contributed by atoms with E-state index in [9.17, 15) is 19.2 Å². The highest BCUT2D eigenvalue weighted by Crippen LogP contribution is 2.35. The number of esters is 4. The molecule has 0 fully saturated rings. The van der Waals surface area contributed by atoms with E-state index in [1.165, 1.54) is 0 Å². The predicted molar refractivity (Wildman–Crippen MR) is 219 cm³/mol. The molecule has 0 radical (unpaired) electrons. The standard InChI is InChI=1S/2C7H6Br2O2.C6H2Br4O2.C6H3Br3O2.CH4/c1-3-5(9)6(4(2)8)11-7(3)10;1-2-5-6(9)4(3-8)7(10)11-5;7-4(8)2-1-3(5(9)10)12-6(2)11;7-2-3-1-4(5(8)9)11-6(3)10;/h1-2H3;2H,3H2,1H3;1,4H;1H,2H2;1H4/b6-4-;5-2-;;;. The zero-order chi connectivity index (χ0) is 34.8. The van der Waals surface area contributed by atoms with Gasteiger partial charge in [-0.15, -0.1) is 0 Å². The summed E-state index contributed by atoms with van der Waals surface area (Å²) in [4.78, 5) is 44.0. The van der Waals surface area contributed by atoms with Crippen molar-refractivity contribution in [2.24, 2.45) is 0 Å². The molecular weight excluding hydrogens is 1330 g/mol. The van der Waals surface area contributed by atoms with Crippen molar-refractivity contribution in [1.82, 2.24) is 0 Å². The molecule has 4 aliphatic rings. The van der Waals surface area contributed by atoms with Crippen LogP contribution in [0.15, 0.2) is 83.8 Å². The molecular formula is C27H21Br11O8. The molecule has 0 N–H and O–H groups in total. The highest BCUT2D eigenvalue weighted by molar-refractivity contribution is 9.28. The third kappa shape index (κ3) is 14.0. The minimum atomic E-state index is -0.347. The second-order valence-electron chi connectivity index (χ2n) is 7.89. The van der Waals surface area contributed by atoms with Crippen LogP contribution in [0.1, 0.15) is 28.2 Å². The van der Waals surface area contributed by atoms with Gasteiger partial charge in [0.25, 0.3) is 0 Å². The lowest BCUT2D eigenvalue weighted by atomic mass is 10.3. The zero-order valence-electron chi connectivity index (χ0n) is 22.6. The van der Waals surface area contributed by atoms with Crippen LogP contribution in [0.5, 0.6) is 0 Å². The van der Waals surface area contributed by atoms with E-state index in [4.69, 9.17) is 18.9 Å². The average Bonchev–Trinajstić information content (AvgIpc) is 3.70. The van der Waals surface area contributed by atoms with Crippen molar-refractivity contribution in [3.8, 4) is 0 Å². The fourth-order valence-corrected chi connectivity index (χ4v) is 7.06. The van der Waals surface area contributed by atoms with Crippen molar-refractivity contribution in [1.29, 1.82) is 0 Å². The quantitative estimate of drug-likeness (QED) is 0.156. The third-order valence-corrected chi connectivity index (χ3v) is 10.8. The summed E-state index contributed by atoms with van der Waals surface area (Å²) in [5.41, 5.74) is 2.41. The first-order valence-electron chi connectivity index (χ1n) is 11.5. The highest BCUT2D eigenvalue weighted by atomic mass is 79.9. The van der Waals surface area contributed by atoms with E-state index < -0.39 is 0 Å². The zero-order valence-corrected chi connectivity index (χ0v) is 40.1. The minimum Gasteiger partial charge on any atom is -0.422 e. The molecule has 0 aliphatic carbocycles. The molecule has 0 spiro atoms. The summed E-state index contributed by atoms with van der Waals surface area (Å²) in [6, 6.07) is 0. The molecule has 0 bridgehead atoms. The van der Waals surface area contributed by atoms with Crippen LogP contribution in [0.2, 0.25) is 0 Å². The van der Waals surface area contributed by atoms with E-state index in [1.54, 1.807) is 25.2 Å². The second-order valence-corrected chi connectivity index (χ2v) is 20.1. The minimum absolute atomic E-state index is 0. The average molecular weight is 1350 g/mol. The van der Waals surface area contributed by atoms with Gasteiger partial charge in [-0.25, -0.2) is 19.2 Å². The maximum absolute atomic E-state index is 11.1. The van der Waals surface area contributed by atoms with Gasteiger partial charge in [0, 0.05) is 15.1 Å². The van der Waals surface area contributed by atoms with Gasteiger partial charge in [0.2, 0.25) is 0 Å². The van der Waals surface area contributed by atoms with Gasteiger partial charge in [-0.2, -0.15) is 0 Å². The van der Waals surface area contributed by atoms with Crippen molar-refractivity contribution < 1.29 is 38.1 Å². The smallest absolute Gasteiger partial charge is 0.341 e. The Labute approximate surface area is 358 Å². The number of rotatable bonds is 3. The molecule has 0 aromatic rings. The largest absolute Gasteiger partial charge is 0.422 e. The monoisotopic (exact) mass is 1340 g/mol. The number of hydrogen-bond acceptors (Lipinski definition) is 8. The molecule has 0 unspecified atom stereocenters. The third-order valence-electron chi connectivity index (χ3n) is 4.92. The lowest BCUT2D eigenvalue weighted by Crippen LogP contribution is -2.03. The van der Waals surface area contributed by atoms with Crippen molar-refractivity contribution in [2.45, 2.75) is 31.9 Å². The van der Waals surface area contributed by atoms with Crippen LogP contribution >= 0.6 is 175 Å². The molecule has 0 aromatic heterocycles. The molecule has 4 aliphatic heterocycles. The number of ether oxygens (including phenoxy) is 4. The number of hydrogen-bond donors (Lipinski definition) is 0. The first-order chi connectivity index (χ1) is 20.9. The lowest BCUT2D eigenvalue weighted by molar-refractivity contribution is -0.134. The molecule has 0 saturated carbocycles. The number of cyclic esters (lactones) is 4. The molecule has 4 rings (SSSR count). The topological polar surface area (TPSA) is 105 Å². The van der Waals surface area contributed by atoms with Crippen LogP contribution in [0.25, 0.3) is 0 Å². The molecule has 8 nitrogen and oxygen atoms in total. The molecule has 0 aromatic carbocycles. The second kappa shape index (κ2) is 22.8. The van der Waals surface area contributed by atoms with Gasteiger partial charge < -0.3 is 18.9 Å². The van der Waals surface area contributed by atoms with Gasteiger partial charge in [0.05, 0.1) is 31.3 Å². The molecule has 4 heterocycles. The normalized spacial score (nSPS) is 18.7. The summed E-state index contributed by atoms with van der Waals surface area (Å²) in [6.07, 6.45) is 5.07. The van der Waals surface area contributed by atoms with Crippen LogP contribution in [0.4, 0.5) is 0 Å². The highest BCUT2D eigenvalue weighted by Gasteiger charge is 2.28. The number of allylic oxidation sites excluding steroid dienone is 6. The van der Waals surface area contributed by atoms with Gasteiger partial charge in [0.15, 0.2) is 17.3 Å². The number of carbonyl (C=O) groups is 4. The fraction of sp³-hybridized carbons (Fsp3) is 0.259. The van der Waals surface area contributed by atoms with Gasteiger partial charge in [-0.1, -0.05) is 87.1 Å². The Morgan fingerprint density at radius 1 is 0.761 bits per heavy atom. The van der Waals surface area contributed by atoms with E-state index in [0.717, 1.165) is 13.4 Å². The van der Waals surface area contributed by atoms with Crippen molar-refractivity contribution in [3.05, 3.63) is 83.8 Å². The summed E-state index contributed by atoms with van der Waals surface area (Å²) in [7, 11) is 0. The fourth-order valence-electron chi connectivity index (χ4n) is 2.67. The predicted octanol–water partition coefficient (Wildman–Crippen LogP) is 12.3. The number of halogens is 11. The van der Waals surface area contributed by atoms with E-state index in [1.807, 2.05) is 13.8 Å². The molecule has 0 amide bonds. The Bertz CT molecular complexity index is 1500. The van der Waals surface area contributed by atoms with Gasteiger partial charge in [-0.3, -0.25) is 0 Å². The van der Waals surface area contributed by atoms with E-state index >= 15 is 0 Å². The van der Waals surface area contributed by atoms with Crippen LogP contribution in [-0.4, -0.2) is 38.3 Å². The Balaban J connectivity index is 0.000000583. The lowest BCUT2D eigenvalue weighted by Gasteiger charge is -1.97. The Hall–Kier alpha value is 1.08. The first-order valence-corrected chi connectivity index (χ1v) is 21.1. The molecule has 0 atom stereocenters. The first kappa shape index (κ1) is 47.1. The molecule has 254 valence electrons. The van der Waals surface area contributed by atoms with Gasteiger partial charge in [0.1, 0.15) is 16.3 Å². The van der Waals surface area contributed by atoms with E-state index in [2.05, 4.69) is 175 Å². The van der Waals surface area contributed by atoms with Crippen molar-refractivity contribution in [2.75, 3.05) is 10.7 Å². The Morgan fingerprint density at radius 2 is 1.28 bits per heavy atom. The Morgan fingerprint density at radius 3 is 1.52 bits per heavy atom. The van der Waals surface area contributed by atoms with Crippen LogP contribution < -0.4 is 0 Å². The molecule has 19 heteroatoms. The SMILES string of the molecule is C.C/C=C1\OC(=O)C(CBr)=C1Br.CC1=C(Br)/C(=C(\C)Br)OC1=O.O=C1OC(=C(Br)Br)C=C1C(Br)Br.O=C1OC(=C(Br)Br)C=C1CBr. The Kier molecular flexibility index (Phi) is 23.3. The summed E-state index contributed by atoms with van der Waals surface area (Å²) >= 11 is 35.1. The summed E-state index contributed by atoms with van der Waals surface area (Å²) in [5, 5.41) is 1.03.